The van der Waals surface area contributed by atoms with Gasteiger partial charge in [-0.3, -0.25) is 9.48 Å². The number of carbonyl (C=O) groups excluding carboxylic acids is 1. The maximum Gasteiger partial charge on any atom is 0.274 e. The largest absolute Gasteiger partial charge is 0.327 e. The van der Waals surface area contributed by atoms with E-state index < -0.39 is 0 Å². The van der Waals surface area contributed by atoms with Gasteiger partial charge >= 0.3 is 0 Å². The van der Waals surface area contributed by atoms with Crippen LogP contribution in [0, 0.1) is 6.92 Å². The average Bonchev–Trinajstić information content (AvgIpc) is 3.20. The minimum atomic E-state index is -0.0679. The van der Waals surface area contributed by atoms with Crippen LogP contribution in [0.3, 0.4) is 0 Å². The van der Waals surface area contributed by atoms with Crippen molar-refractivity contribution in [1.29, 1.82) is 0 Å². The Kier molecular flexibility index (Phi) is 5.13. The minimum Gasteiger partial charge on any atom is -0.327 e. The van der Waals surface area contributed by atoms with Gasteiger partial charge < -0.3 is 9.80 Å². The summed E-state index contributed by atoms with van der Waals surface area (Å²) in [6.45, 7) is 6.25. The highest BCUT2D eigenvalue weighted by atomic mass is 16.2. The van der Waals surface area contributed by atoms with Crippen molar-refractivity contribution in [1.82, 2.24) is 29.5 Å². The summed E-state index contributed by atoms with van der Waals surface area (Å²) in [6.07, 6.45) is 3.65. The van der Waals surface area contributed by atoms with E-state index in [1.165, 1.54) is 0 Å². The highest BCUT2D eigenvalue weighted by molar-refractivity contribution is 5.92. The molecule has 2 aromatic rings. The third kappa shape index (κ3) is 3.71. The predicted octanol–water partition coefficient (Wildman–Crippen LogP) is 2.04. The van der Waals surface area contributed by atoms with Crippen LogP contribution in [-0.4, -0.2) is 56.1 Å². The molecule has 2 aromatic heterocycles. The summed E-state index contributed by atoms with van der Waals surface area (Å²) in [5, 5.41) is 4.44. The lowest BCUT2D eigenvalue weighted by molar-refractivity contribution is 0.0722. The van der Waals surface area contributed by atoms with Gasteiger partial charge in [0.25, 0.3) is 5.91 Å². The zero-order valence-corrected chi connectivity index (χ0v) is 15.4. The van der Waals surface area contributed by atoms with Crippen molar-refractivity contribution in [2.75, 3.05) is 20.6 Å². The Morgan fingerprint density at radius 2 is 2.20 bits per heavy atom. The van der Waals surface area contributed by atoms with Crippen LogP contribution < -0.4 is 0 Å². The molecule has 1 amide bonds. The van der Waals surface area contributed by atoms with Gasteiger partial charge in [-0.25, -0.2) is 9.97 Å². The average molecular weight is 342 g/mol. The number of amides is 1. The van der Waals surface area contributed by atoms with E-state index >= 15 is 0 Å². The minimum absolute atomic E-state index is 0.0283. The van der Waals surface area contributed by atoms with Gasteiger partial charge in [0.2, 0.25) is 0 Å². The van der Waals surface area contributed by atoms with Gasteiger partial charge in [0, 0.05) is 31.5 Å². The fraction of sp³-hybridized carbons (Fsp3) is 0.556. The van der Waals surface area contributed by atoms with E-state index in [1.807, 2.05) is 49.7 Å². The maximum atomic E-state index is 13.0. The van der Waals surface area contributed by atoms with Crippen LogP contribution in [0.15, 0.2) is 18.3 Å². The van der Waals surface area contributed by atoms with Crippen molar-refractivity contribution in [2.24, 2.45) is 0 Å². The Balaban J connectivity index is 1.83. The highest BCUT2D eigenvalue weighted by Crippen LogP contribution is 2.31. The van der Waals surface area contributed by atoms with E-state index in [0.717, 1.165) is 49.7 Å². The first kappa shape index (κ1) is 17.5. The van der Waals surface area contributed by atoms with Crippen LogP contribution >= 0.6 is 0 Å². The molecule has 1 aliphatic rings. The van der Waals surface area contributed by atoms with E-state index in [-0.39, 0.29) is 11.9 Å². The first-order valence-corrected chi connectivity index (χ1v) is 8.81. The summed E-state index contributed by atoms with van der Waals surface area (Å²) in [6, 6.07) is 3.73. The summed E-state index contributed by atoms with van der Waals surface area (Å²) >= 11 is 0. The van der Waals surface area contributed by atoms with E-state index in [4.69, 9.17) is 0 Å². The Hall–Kier alpha value is -2.28. The summed E-state index contributed by atoms with van der Waals surface area (Å²) in [7, 11) is 4.03. The molecule has 0 N–H and O–H groups in total. The number of aromatic nitrogens is 4. The van der Waals surface area contributed by atoms with Gasteiger partial charge in [0.1, 0.15) is 0 Å². The zero-order chi connectivity index (χ0) is 18.0. The molecule has 134 valence electrons. The number of nitrogens with zero attached hydrogens (tertiary/aromatic N) is 6. The Bertz CT molecular complexity index is 754. The number of hydrogen-bond donors (Lipinski definition) is 0. The van der Waals surface area contributed by atoms with Crippen molar-refractivity contribution in [3.05, 3.63) is 41.2 Å². The number of likely N-dealkylation sites (tertiary alicyclic amines) is 1. The van der Waals surface area contributed by atoms with Crippen molar-refractivity contribution in [3.63, 3.8) is 0 Å². The molecule has 1 atom stereocenters. The molecule has 25 heavy (non-hydrogen) atoms. The second kappa shape index (κ2) is 7.31. The molecule has 0 aromatic carbocycles. The summed E-state index contributed by atoms with van der Waals surface area (Å²) in [5.74, 6) is 0.705. The van der Waals surface area contributed by atoms with E-state index in [1.54, 1.807) is 6.20 Å². The molecule has 0 spiro atoms. The Morgan fingerprint density at radius 1 is 1.40 bits per heavy atom. The quantitative estimate of drug-likeness (QED) is 0.832. The van der Waals surface area contributed by atoms with Gasteiger partial charge in [-0.1, -0.05) is 0 Å². The number of aryl methyl sites for hydroxylation is 2. The van der Waals surface area contributed by atoms with E-state index in [0.29, 0.717) is 5.69 Å². The Morgan fingerprint density at radius 3 is 2.88 bits per heavy atom. The highest BCUT2D eigenvalue weighted by Gasteiger charge is 2.33. The van der Waals surface area contributed by atoms with Crippen LogP contribution in [0.4, 0.5) is 0 Å². The van der Waals surface area contributed by atoms with Gasteiger partial charge in [0.05, 0.1) is 11.7 Å². The van der Waals surface area contributed by atoms with Crippen molar-refractivity contribution < 1.29 is 4.79 Å². The molecular weight excluding hydrogens is 316 g/mol. The van der Waals surface area contributed by atoms with Crippen molar-refractivity contribution in [2.45, 2.75) is 45.8 Å². The second-order valence-electron chi connectivity index (χ2n) is 6.79. The topological polar surface area (TPSA) is 67.2 Å². The third-order valence-electron chi connectivity index (χ3n) is 4.52. The van der Waals surface area contributed by atoms with Gasteiger partial charge in [0.15, 0.2) is 11.5 Å². The van der Waals surface area contributed by atoms with E-state index in [2.05, 4.69) is 20.0 Å². The van der Waals surface area contributed by atoms with Gasteiger partial charge in [-0.15, -0.1) is 0 Å². The second-order valence-corrected chi connectivity index (χ2v) is 6.79. The van der Waals surface area contributed by atoms with Gasteiger partial charge in [-0.2, -0.15) is 5.10 Å². The molecule has 0 radical (unpaired) electrons. The fourth-order valence-electron chi connectivity index (χ4n) is 3.35. The van der Waals surface area contributed by atoms with Crippen LogP contribution in [0.1, 0.15) is 53.5 Å². The monoisotopic (exact) mass is 342 g/mol. The first-order chi connectivity index (χ1) is 12.0. The lowest BCUT2D eigenvalue weighted by atomic mass is 10.2. The molecular formula is C18H26N6O. The molecule has 3 heterocycles. The molecule has 7 heteroatoms. The molecule has 3 rings (SSSR count). The van der Waals surface area contributed by atoms with Crippen LogP contribution in [0.2, 0.25) is 0 Å². The summed E-state index contributed by atoms with van der Waals surface area (Å²) in [5.41, 5.74) is 2.49. The summed E-state index contributed by atoms with van der Waals surface area (Å²) in [4.78, 5) is 26.0. The first-order valence-electron chi connectivity index (χ1n) is 8.81. The number of carbonyl (C=O) groups is 1. The molecule has 1 saturated heterocycles. The van der Waals surface area contributed by atoms with Crippen molar-refractivity contribution >= 4 is 5.91 Å². The number of rotatable bonds is 5. The normalized spacial score (nSPS) is 17.5. The van der Waals surface area contributed by atoms with Gasteiger partial charge in [-0.05, 0) is 52.9 Å². The number of hydrogen-bond acceptors (Lipinski definition) is 5. The molecule has 0 bridgehead atoms. The fourth-order valence-corrected chi connectivity index (χ4v) is 3.35. The van der Waals surface area contributed by atoms with Crippen LogP contribution in [-0.2, 0) is 13.1 Å². The maximum absolute atomic E-state index is 13.0. The molecule has 0 aliphatic carbocycles. The predicted molar refractivity (Wildman–Crippen MR) is 95.1 cm³/mol. The zero-order valence-electron chi connectivity index (χ0n) is 15.4. The van der Waals surface area contributed by atoms with Crippen LogP contribution in [0.25, 0.3) is 0 Å². The van der Waals surface area contributed by atoms with Crippen molar-refractivity contribution in [3.8, 4) is 0 Å². The smallest absolute Gasteiger partial charge is 0.274 e. The summed E-state index contributed by atoms with van der Waals surface area (Å²) < 4.78 is 1.85. The SMILES string of the molecule is CCn1nc(C(=O)N2CCC[C@H]2c2nccc(CN(C)C)n2)cc1C. The Labute approximate surface area is 148 Å². The molecule has 7 nitrogen and oxygen atoms in total. The lowest BCUT2D eigenvalue weighted by Crippen LogP contribution is -2.32. The van der Waals surface area contributed by atoms with Crippen LogP contribution in [0.5, 0.6) is 0 Å². The molecule has 1 aliphatic heterocycles. The van der Waals surface area contributed by atoms with E-state index in [9.17, 15) is 4.79 Å². The third-order valence-corrected chi connectivity index (χ3v) is 4.52. The molecule has 0 unspecified atom stereocenters. The molecule has 1 fully saturated rings. The standard InChI is InChI=1S/C18H26N6O/c1-5-24-13(2)11-15(21-24)18(25)23-10-6-7-16(23)17-19-9-8-14(20-17)12-22(3)4/h8-9,11,16H,5-7,10,12H2,1-4H3/t16-/m0/s1. The molecule has 0 saturated carbocycles. The lowest BCUT2D eigenvalue weighted by Gasteiger charge is -2.23.